The highest BCUT2D eigenvalue weighted by Gasteiger charge is 2.19. The lowest BCUT2D eigenvalue weighted by Gasteiger charge is -2.09. The highest BCUT2D eigenvalue weighted by Crippen LogP contribution is 2.18. The number of carbonyl (C=O) groups excluding carboxylic acids is 3. The number of amides is 2. The smallest absolute Gasteiger partial charge is 0.340 e. The summed E-state index contributed by atoms with van der Waals surface area (Å²) >= 11 is 0. The number of hydrogen-bond acceptors (Lipinski definition) is 7. The molecule has 1 aromatic heterocycles. The first kappa shape index (κ1) is 23.0. The average Bonchev–Trinajstić information content (AvgIpc) is 2.66. The molecule has 0 atom stereocenters. The number of allylic oxidation sites excluding steroid dienone is 3. The highest BCUT2D eigenvalue weighted by molar-refractivity contribution is 6.06. The number of nitrogens with zero attached hydrogens (tertiary/aromatic N) is 1. The zero-order valence-electron chi connectivity index (χ0n) is 16.7. The van der Waals surface area contributed by atoms with E-state index in [1.165, 1.54) is 24.9 Å². The summed E-state index contributed by atoms with van der Waals surface area (Å²) in [7, 11) is 1.33. The summed E-state index contributed by atoms with van der Waals surface area (Å²) in [6.07, 6.45) is 7.03. The molecule has 1 rings (SSSR count). The van der Waals surface area contributed by atoms with Gasteiger partial charge in [-0.25, -0.2) is 9.78 Å². The molecule has 0 saturated carbocycles. The first-order valence-electron chi connectivity index (χ1n) is 8.82. The van der Waals surface area contributed by atoms with Crippen LogP contribution in [0.5, 0.6) is 5.75 Å². The van der Waals surface area contributed by atoms with E-state index in [1.807, 2.05) is 26.8 Å². The maximum Gasteiger partial charge on any atom is 0.340 e. The van der Waals surface area contributed by atoms with Gasteiger partial charge in [-0.2, -0.15) is 0 Å². The summed E-state index contributed by atoms with van der Waals surface area (Å²) in [5.74, 6) is -1.96. The summed E-state index contributed by atoms with van der Waals surface area (Å²) in [4.78, 5) is 39.3. The van der Waals surface area contributed by atoms with Gasteiger partial charge in [-0.05, 0) is 45.8 Å². The van der Waals surface area contributed by atoms with Crippen molar-refractivity contribution in [3.63, 3.8) is 0 Å². The van der Waals surface area contributed by atoms with Gasteiger partial charge >= 0.3 is 5.97 Å². The second kappa shape index (κ2) is 11.7. The molecule has 8 nitrogen and oxygen atoms in total. The fourth-order valence-electron chi connectivity index (χ4n) is 2.15. The van der Waals surface area contributed by atoms with Crippen molar-refractivity contribution in [2.24, 2.45) is 5.73 Å². The van der Waals surface area contributed by atoms with Gasteiger partial charge < -0.3 is 15.2 Å². The Hall–Kier alpha value is -3.00. The van der Waals surface area contributed by atoms with E-state index in [4.69, 9.17) is 15.2 Å². The summed E-state index contributed by atoms with van der Waals surface area (Å²) in [6, 6.07) is 1.34. The normalized spacial score (nSPS) is 10.8. The number of nitrogens with one attached hydrogen (secondary N) is 1. The molecule has 0 radical (unpaired) electrons. The summed E-state index contributed by atoms with van der Waals surface area (Å²) in [6.45, 7) is 5.88. The van der Waals surface area contributed by atoms with Crippen molar-refractivity contribution < 1.29 is 23.9 Å². The summed E-state index contributed by atoms with van der Waals surface area (Å²) < 4.78 is 10.3. The van der Waals surface area contributed by atoms with Crippen LogP contribution in [0.15, 0.2) is 35.6 Å². The second-order valence-corrected chi connectivity index (χ2v) is 6.33. The number of hydrogen-bond donors (Lipinski definition) is 2. The largest absolute Gasteiger partial charge is 0.494 e. The maximum atomic E-state index is 12.2. The van der Waals surface area contributed by atoms with Gasteiger partial charge in [-0.1, -0.05) is 17.2 Å². The van der Waals surface area contributed by atoms with Crippen molar-refractivity contribution in [3.8, 4) is 5.75 Å². The predicted molar refractivity (Wildman–Crippen MR) is 105 cm³/mol. The van der Waals surface area contributed by atoms with Gasteiger partial charge in [0, 0.05) is 6.20 Å². The van der Waals surface area contributed by atoms with E-state index in [0.29, 0.717) is 0 Å². The van der Waals surface area contributed by atoms with Crippen molar-refractivity contribution >= 4 is 17.8 Å². The molecule has 0 aliphatic heterocycles. The maximum absolute atomic E-state index is 12.2. The quantitative estimate of drug-likeness (QED) is 0.490. The van der Waals surface area contributed by atoms with Crippen molar-refractivity contribution in [1.82, 2.24) is 10.3 Å². The Morgan fingerprint density at radius 3 is 2.54 bits per heavy atom. The van der Waals surface area contributed by atoms with Crippen LogP contribution >= 0.6 is 0 Å². The van der Waals surface area contributed by atoms with Crippen LogP contribution in [-0.4, -0.2) is 43.0 Å². The van der Waals surface area contributed by atoms with E-state index in [9.17, 15) is 14.4 Å². The van der Waals surface area contributed by atoms with Crippen molar-refractivity contribution in [3.05, 3.63) is 46.8 Å². The Morgan fingerprint density at radius 1 is 1.21 bits per heavy atom. The second-order valence-electron chi connectivity index (χ2n) is 6.33. The van der Waals surface area contributed by atoms with Crippen LogP contribution in [0.1, 0.15) is 54.5 Å². The standard InChI is InChI=1S/C20H27N3O5/c1-13(2)6-5-7-14(3)8-9-28-20(26)15-10-16(27-4)18(22-12-15)19(25)23-17(24)11-21/h6,8,10,12H,5,7,9,11,21H2,1-4H3,(H,23,24,25). The molecule has 1 heterocycles. The molecule has 0 bridgehead atoms. The van der Waals surface area contributed by atoms with E-state index in [1.54, 1.807) is 0 Å². The minimum atomic E-state index is -0.762. The van der Waals surface area contributed by atoms with Gasteiger partial charge in [-0.15, -0.1) is 0 Å². The van der Waals surface area contributed by atoms with Crippen LogP contribution in [0, 0.1) is 0 Å². The molecule has 0 aliphatic carbocycles. The average molecular weight is 389 g/mol. The number of rotatable bonds is 9. The number of pyridine rings is 1. The van der Waals surface area contributed by atoms with Gasteiger partial charge in [-0.3, -0.25) is 14.9 Å². The van der Waals surface area contributed by atoms with Gasteiger partial charge in [0.05, 0.1) is 19.2 Å². The molecule has 28 heavy (non-hydrogen) atoms. The monoisotopic (exact) mass is 389 g/mol. The van der Waals surface area contributed by atoms with Gasteiger partial charge in [0.2, 0.25) is 5.91 Å². The first-order chi connectivity index (χ1) is 13.3. The third-order valence-electron chi connectivity index (χ3n) is 3.70. The van der Waals surface area contributed by atoms with Gasteiger partial charge in [0.15, 0.2) is 11.4 Å². The van der Waals surface area contributed by atoms with E-state index < -0.39 is 17.8 Å². The van der Waals surface area contributed by atoms with Crippen LogP contribution in [0.3, 0.4) is 0 Å². The topological polar surface area (TPSA) is 121 Å². The molecule has 152 valence electrons. The van der Waals surface area contributed by atoms with E-state index in [0.717, 1.165) is 18.4 Å². The summed E-state index contributed by atoms with van der Waals surface area (Å²) in [5.41, 5.74) is 7.55. The molecule has 0 spiro atoms. The van der Waals surface area contributed by atoms with Gasteiger partial charge in [0.25, 0.3) is 5.91 Å². The van der Waals surface area contributed by atoms with Crippen molar-refractivity contribution in [2.45, 2.75) is 33.6 Å². The Balaban J connectivity index is 2.72. The van der Waals surface area contributed by atoms with Crippen molar-refractivity contribution in [1.29, 1.82) is 0 Å². The molecular weight excluding hydrogens is 362 g/mol. The molecule has 1 aromatic rings. The molecule has 0 fully saturated rings. The zero-order chi connectivity index (χ0) is 21.1. The molecule has 0 aliphatic rings. The van der Waals surface area contributed by atoms with Gasteiger partial charge in [0.1, 0.15) is 6.61 Å². The number of nitrogens with two attached hydrogens (primary N) is 1. The fourth-order valence-corrected chi connectivity index (χ4v) is 2.15. The number of carbonyl (C=O) groups is 3. The molecule has 2 amide bonds. The van der Waals surface area contributed by atoms with E-state index in [2.05, 4.69) is 16.4 Å². The predicted octanol–water partition coefficient (Wildman–Crippen LogP) is 2.15. The number of methoxy groups -OCH3 is 1. The minimum Gasteiger partial charge on any atom is -0.494 e. The third kappa shape index (κ3) is 7.71. The Morgan fingerprint density at radius 2 is 1.93 bits per heavy atom. The first-order valence-corrected chi connectivity index (χ1v) is 8.82. The highest BCUT2D eigenvalue weighted by atomic mass is 16.5. The number of ether oxygens (including phenoxy) is 2. The Kier molecular flexibility index (Phi) is 9.59. The van der Waals surface area contributed by atoms with Crippen LogP contribution in [0.2, 0.25) is 0 Å². The lowest BCUT2D eigenvalue weighted by atomic mass is 10.1. The van der Waals surface area contributed by atoms with Crippen LogP contribution in [-0.2, 0) is 9.53 Å². The molecule has 0 saturated heterocycles. The van der Waals surface area contributed by atoms with E-state index >= 15 is 0 Å². The lowest BCUT2D eigenvalue weighted by Crippen LogP contribution is -2.36. The minimum absolute atomic E-state index is 0.0465. The Labute approximate surface area is 164 Å². The Bertz CT molecular complexity index is 780. The number of imide groups is 1. The lowest BCUT2D eigenvalue weighted by molar-refractivity contribution is -0.118. The third-order valence-corrected chi connectivity index (χ3v) is 3.70. The summed E-state index contributed by atoms with van der Waals surface area (Å²) in [5, 5.41) is 2.07. The van der Waals surface area contributed by atoms with Crippen LogP contribution < -0.4 is 15.8 Å². The molecule has 8 heteroatoms. The molecule has 0 unspecified atom stereocenters. The zero-order valence-corrected chi connectivity index (χ0v) is 16.7. The van der Waals surface area contributed by atoms with Crippen LogP contribution in [0.25, 0.3) is 0 Å². The number of esters is 1. The molecule has 3 N–H and O–H groups in total. The van der Waals surface area contributed by atoms with E-state index in [-0.39, 0.29) is 30.2 Å². The van der Waals surface area contributed by atoms with Crippen LogP contribution in [0.4, 0.5) is 0 Å². The molecule has 0 aromatic carbocycles. The SMILES string of the molecule is COc1cc(C(=O)OCC=C(C)CCC=C(C)C)cnc1C(=O)NC(=O)CN. The number of aromatic nitrogens is 1. The molecular formula is C20H27N3O5. The van der Waals surface area contributed by atoms with Crippen molar-refractivity contribution in [2.75, 3.05) is 20.3 Å². The fraction of sp³-hybridized carbons (Fsp3) is 0.400.